The highest BCUT2D eigenvalue weighted by Gasteiger charge is 2.54. The number of esters is 2. The number of nitrogens with one attached hydrogen (secondary N) is 1. The molecule has 0 bridgehead atoms. The molecule has 15 nitrogen and oxygen atoms in total. The van der Waals surface area contributed by atoms with E-state index in [-0.39, 0.29) is 0 Å². The van der Waals surface area contributed by atoms with E-state index in [1.165, 1.54) is 6.92 Å². The third-order valence-electron chi connectivity index (χ3n) is 5.15. The zero-order valence-electron chi connectivity index (χ0n) is 21.4. The fourth-order valence-electron chi connectivity index (χ4n) is 2.94. The Labute approximate surface area is 212 Å². The van der Waals surface area contributed by atoms with Crippen LogP contribution in [0, 0.1) is 11.3 Å². The number of phosphoric ester groups is 1. The maximum atomic E-state index is 13.1. The zero-order valence-corrected chi connectivity index (χ0v) is 22.3. The summed E-state index contributed by atoms with van der Waals surface area (Å²) < 4.78 is 44.5. The molecule has 2 heterocycles. The second-order valence-electron chi connectivity index (χ2n) is 9.75. The van der Waals surface area contributed by atoms with Gasteiger partial charge < -0.3 is 24.4 Å². The molecule has 1 fully saturated rings. The van der Waals surface area contributed by atoms with Crippen molar-refractivity contribution in [3.8, 4) is 0 Å². The van der Waals surface area contributed by atoms with Gasteiger partial charge in [-0.3, -0.25) is 28.5 Å². The first-order valence-electron chi connectivity index (χ1n) is 11.2. The molecular weight excluding hydrogens is 519 g/mol. The fraction of sp³-hybridized carbons (Fsp3) is 0.714. The lowest BCUT2D eigenvalue weighted by molar-refractivity contribution is -0.162. The molecule has 0 aromatic carbocycles. The number of aliphatic hydroxyl groups is 2. The molecule has 0 amide bonds. The molecule has 0 radical (unpaired) electrons. The average Bonchev–Trinajstić information content (AvgIpc) is 3.00. The summed E-state index contributed by atoms with van der Waals surface area (Å²) in [7, 11) is -4.59. The Morgan fingerprint density at radius 2 is 1.78 bits per heavy atom. The van der Waals surface area contributed by atoms with Crippen molar-refractivity contribution in [1.29, 1.82) is 0 Å². The fourth-order valence-corrected chi connectivity index (χ4v) is 3.86. The Bertz CT molecular complexity index is 1120. The van der Waals surface area contributed by atoms with Gasteiger partial charge >= 0.3 is 25.5 Å². The van der Waals surface area contributed by atoms with Crippen LogP contribution in [-0.2, 0) is 41.9 Å². The first-order valence-corrected chi connectivity index (χ1v) is 12.7. The summed E-state index contributed by atoms with van der Waals surface area (Å²) in [6.07, 6.45) is -3.42. The molecule has 37 heavy (non-hydrogen) atoms. The Balaban J connectivity index is 2.13. The van der Waals surface area contributed by atoms with Crippen LogP contribution in [0.1, 0.15) is 47.8 Å². The minimum absolute atomic E-state index is 0.505. The standard InChI is InChI=1S/C21H33N2O13P/c1-12(2)16(26)31-10-34-37(30,35-11-32-18(27)20(3,4)5)33-9-13-15(25)21(6,29)17(36-13)23-8-7-14(24)22-19(23)28/h7-8,12-13,15,17,25,29H,9-11H2,1-6H3,(H,22,24,28)/t13-,15-,17-,21-,37?/m1/s1. The van der Waals surface area contributed by atoms with Crippen molar-refractivity contribution in [2.24, 2.45) is 11.3 Å². The molecule has 1 aliphatic heterocycles. The van der Waals surface area contributed by atoms with Crippen molar-refractivity contribution in [2.45, 2.75) is 65.6 Å². The van der Waals surface area contributed by atoms with E-state index in [0.29, 0.717) is 0 Å². The van der Waals surface area contributed by atoms with E-state index >= 15 is 0 Å². The van der Waals surface area contributed by atoms with E-state index in [2.05, 4.69) is 0 Å². The molecule has 2 rings (SSSR count). The number of aromatic amines is 1. The van der Waals surface area contributed by atoms with Crippen LogP contribution in [0.15, 0.2) is 21.9 Å². The van der Waals surface area contributed by atoms with Crippen LogP contribution in [0.3, 0.4) is 0 Å². The highest BCUT2D eigenvalue weighted by Crippen LogP contribution is 2.50. The molecule has 0 aliphatic carbocycles. The average molecular weight is 552 g/mol. The number of hydrogen-bond donors (Lipinski definition) is 3. The largest absolute Gasteiger partial charge is 0.480 e. The predicted molar refractivity (Wildman–Crippen MR) is 124 cm³/mol. The Hall–Kier alpha value is -2.39. The summed E-state index contributed by atoms with van der Waals surface area (Å²) in [5, 5.41) is 21.4. The summed E-state index contributed by atoms with van der Waals surface area (Å²) in [5.74, 6) is -1.84. The van der Waals surface area contributed by atoms with Gasteiger partial charge in [-0.2, -0.15) is 0 Å². The van der Waals surface area contributed by atoms with Gasteiger partial charge in [0, 0.05) is 12.3 Å². The summed E-state index contributed by atoms with van der Waals surface area (Å²) in [6, 6.07) is 1.02. The highest BCUT2D eigenvalue weighted by atomic mass is 31.2. The Morgan fingerprint density at radius 1 is 1.19 bits per heavy atom. The van der Waals surface area contributed by atoms with Gasteiger partial charge in [-0.25, -0.2) is 18.4 Å². The Morgan fingerprint density at radius 3 is 2.32 bits per heavy atom. The molecule has 1 aromatic rings. The van der Waals surface area contributed by atoms with E-state index in [4.69, 9.17) is 27.8 Å². The van der Waals surface area contributed by atoms with E-state index < -0.39 is 86.6 Å². The highest BCUT2D eigenvalue weighted by molar-refractivity contribution is 7.48. The minimum Gasteiger partial charge on any atom is -0.438 e. The van der Waals surface area contributed by atoms with Crippen molar-refractivity contribution in [3.63, 3.8) is 0 Å². The number of carbonyl (C=O) groups excluding carboxylic acids is 2. The molecule has 1 aliphatic rings. The van der Waals surface area contributed by atoms with Crippen molar-refractivity contribution < 1.29 is 52.1 Å². The van der Waals surface area contributed by atoms with Gasteiger partial charge in [-0.05, 0) is 27.7 Å². The molecule has 210 valence electrons. The van der Waals surface area contributed by atoms with Crippen LogP contribution in [0.2, 0.25) is 0 Å². The van der Waals surface area contributed by atoms with Gasteiger partial charge in [-0.15, -0.1) is 0 Å². The van der Waals surface area contributed by atoms with Crippen molar-refractivity contribution in [3.05, 3.63) is 33.1 Å². The zero-order chi connectivity index (χ0) is 28.2. The molecule has 3 N–H and O–H groups in total. The molecule has 5 atom stereocenters. The van der Waals surface area contributed by atoms with E-state index in [1.807, 2.05) is 4.98 Å². The van der Waals surface area contributed by atoms with Crippen LogP contribution >= 0.6 is 7.82 Å². The molecule has 1 unspecified atom stereocenters. The maximum absolute atomic E-state index is 13.1. The number of ether oxygens (including phenoxy) is 3. The number of nitrogens with zero attached hydrogens (tertiary/aromatic N) is 1. The van der Waals surface area contributed by atoms with E-state index in [1.54, 1.807) is 34.6 Å². The summed E-state index contributed by atoms with van der Waals surface area (Å²) in [6.45, 7) is 6.70. The quantitative estimate of drug-likeness (QED) is 0.194. The number of aromatic nitrogens is 2. The third kappa shape index (κ3) is 8.04. The predicted octanol–water partition coefficient (Wildman–Crippen LogP) is 0.407. The monoisotopic (exact) mass is 552 g/mol. The second kappa shape index (κ2) is 12.0. The minimum atomic E-state index is -4.59. The lowest BCUT2D eigenvalue weighted by Crippen LogP contribution is -2.46. The molecule has 1 aromatic heterocycles. The topological polar surface area (TPSA) is 202 Å². The second-order valence-corrected chi connectivity index (χ2v) is 11.4. The lowest BCUT2D eigenvalue weighted by atomic mass is 9.96. The number of hydrogen-bond acceptors (Lipinski definition) is 13. The van der Waals surface area contributed by atoms with Gasteiger partial charge in [0.05, 0.1) is 17.9 Å². The Kier molecular flexibility index (Phi) is 9.99. The number of rotatable bonds is 11. The lowest BCUT2D eigenvalue weighted by Gasteiger charge is -2.27. The first kappa shape index (κ1) is 30.8. The van der Waals surface area contributed by atoms with Gasteiger partial charge in [0.25, 0.3) is 5.56 Å². The number of H-pyrrole nitrogens is 1. The van der Waals surface area contributed by atoms with E-state index in [0.717, 1.165) is 16.8 Å². The van der Waals surface area contributed by atoms with Crippen molar-refractivity contribution in [2.75, 3.05) is 20.2 Å². The normalized spacial score (nSPS) is 25.6. The van der Waals surface area contributed by atoms with Crippen LogP contribution < -0.4 is 11.2 Å². The van der Waals surface area contributed by atoms with Crippen LogP contribution in [0.25, 0.3) is 0 Å². The van der Waals surface area contributed by atoms with Gasteiger partial charge in [0.1, 0.15) is 17.8 Å². The van der Waals surface area contributed by atoms with Crippen LogP contribution in [0.4, 0.5) is 0 Å². The number of carbonyl (C=O) groups is 2. The van der Waals surface area contributed by atoms with Crippen molar-refractivity contribution >= 4 is 19.8 Å². The SMILES string of the molecule is CC(C)C(=O)OCOP(=O)(OCOC(=O)C(C)(C)C)OC[C@H]1O[C@@H](n2ccc(=O)[nH]c2=O)[C@](C)(O)[C@@H]1O. The maximum Gasteiger partial charge on any atom is 0.480 e. The summed E-state index contributed by atoms with van der Waals surface area (Å²) in [5.41, 5.74) is -4.52. The molecule has 16 heteroatoms. The smallest absolute Gasteiger partial charge is 0.438 e. The molecular formula is C21H33N2O13P. The van der Waals surface area contributed by atoms with Gasteiger partial charge in [0.15, 0.2) is 6.23 Å². The van der Waals surface area contributed by atoms with E-state index in [9.17, 15) is 34.0 Å². The van der Waals surface area contributed by atoms with Gasteiger partial charge in [0.2, 0.25) is 13.6 Å². The number of aliphatic hydroxyl groups excluding tert-OH is 1. The van der Waals surface area contributed by atoms with Crippen molar-refractivity contribution in [1.82, 2.24) is 9.55 Å². The summed E-state index contributed by atoms with van der Waals surface area (Å²) in [4.78, 5) is 49.1. The van der Waals surface area contributed by atoms with Crippen LogP contribution in [-0.4, -0.2) is 69.7 Å². The number of phosphoric acid groups is 1. The van der Waals surface area contributed by atoms with Crippen LogP contribution in [0.5, 0.6) is 0 Å². The summed E-state index contributed by atoms with van der Waals surface area (Å²) >= 11 is 0. The molecule has 1 saturated heterocycles. The molecule has 0 spiro atoms. The first-order chi connectivity index (χ1) is 17.0. The van der Waals surface area contributed by atoms with Gasteiger partial charge in [-0.1, -0.05) is 13.8 Å². The third-order valence-corrected chi connectivity index (χ3v) is 6.46. The molecule has 0 saturated carbocycles.